The highest BCUT2D eigenvalue weighted by Crippen LogP contribution is 2.27. The smallest absolute Gasteiger partial charge is 0.290 e. The molecule has 3 rings (SSSR count). The number of nitrogens with one attached hydrogen (secondary N) is 1. The zero-order valence-electron chi connectivity index (χ0n) is 16.1. The minimum atomic E-state index is -1.43. The molecule has 1 N–H and O–H groups in total. The van der Waals surface area contributed by atoms with Gasteiger partial charge in [0.2, 0.25) is 5.76 Å². The average Bonchev–Trinajstić information content (AvgIpc) is 3.25. The molecule has 1 atom stereocenters. The first kappa shape index (κ1) is 21.9. The summed E-state index contributed by atoms with van der Waals surface area (Å²) in [7, 11) is 1.17. The molecule has 0 saturated heterocycles. The van der Waals surface area contributed by atoms with E-state index < -0.39 is 41.5 Å². The summed E-state index contributed by atoms with van der Waals surface area (Å²) in [5.74, 6) is -3.72. The highest BCUT2D eigenvalue weighted by Gasteiger charge is 2.28. The highest BCUT2D eigenvalue weighted by atomic mass is 35.5. The maximum absolute atomic E-state index is 14.1. The first-order valence-corrected chi connectivity index (χ1v) is 9.32. The van der Waals surface area contributed by atoms with Crippen LogP contribution in [0.15, 0.2) is 53.1 Å². The largest absolute Gasteiger partial charge is 0.350 e. The van der Waals surface area contributed by atoms with Gasteiger partial charge in [-0.15, -0.1) is 0 Å². The molecular formula is C21H15ClF2N4O3. The third kappa shape index (κ3) is 4.87. The Morgan fingerprint density at radius 3 is 2.55 bits per heavy atom. The molecule has 0 aliphatic heterocycles. The predicted molar refractivity (Wildman–Crippen MR) is 107 cm³/mol. The standard InChI is InChI=1S/C21H15ClF2N4O3/c1-28(11-25)21(30)18(9-13-15(23)7-4-8-16(13)24)26-20(29)19-10-17(27-31-19)12-5-2-3-6-14(12)22/h2-8,10,18H,9H2,1H3,(H,26,29)/t18-/m0/s1. The molecule has 0 spiro atoms. The molecular weight excluding hydrogens is 430 g/mol. The minimum Gasteiger partial charge on any atom is -0.350 e. The summed E-state index contributed by atoms with van der Waals surface area (Å²) in [5, 5.41) is 15.5. The molecule has 0 radical (unpaired) electrons. The van der Waals surface area contributed by atoms with Crippen molar-refractivity contribution in [2.45, 2.75) is 12.5 Å². The lowest BCUT2D eigenvalue weighted by atomic mass is 10.0. The number of hydrogen-bond donors (Lipinski definition) is 1. The van der Waals surface area contributed by atoms with Gasteiger partial charge in [0.25, 0.3) is 11.8 Å². The van der Waals surface area contributed by atoms with Crippen LogP contribution in [0.3, 0.4) is 0 Å². The summed E-state index contributed by atoms with van der Waals surface area (Å²) in [6.07, 6.45) is 1.09. The van der Waals surface area contributed by atoms with Crippen LogP contribution in [-0.4, -0.2) is 35.0 Å². The van der Waals surface area contributed by atoms with Crippen LogP contribution in [0.2, 0.25) is 5.02 Å². The van der Waals surface area contributed by atoms with E-state index in [1.807, 2.05) is 0 Å². The van der Waals surface area contributed by atoms with E-state index in [2.05, 4.69) is 10.5 Å². The van der Waals surface area contributed by atoms with Crippen LogP contribution in [0.1, 0.15) is 16.1 Å². The van der Waals surface area contributed by atoms with Crippen LogP contribution < -0.4 is 5.32 Å². The molecule has 10 heteroatoms. The second kappa shape index (κ2) is 9.36. The van der Waals surface area contributed by atoms with Crippen molar-refractivity contribution in [3.05, 3.63) is 76.5 Å². The number of halogens is 3. The average molecular weight is 445 g/mol. The van der Waals surface area contributed by atoms with Gasteiger partial charge >= 0.3 is 0 Å². The summed E-state index contributed by atoms with van der Waals surface area (Å²) in [4.78, 5) is 25.8. The van der Waals surface area contributed by atoms with Crippen molar-refractivity contribution < 1.29 is 22.9 Å². The van der Waals surface area contributed by atoms with Gasteiger partial charge in [0.05, 0.1) is 5.02 Å². The van der Waals surface area contributed by atoms with Gasteiger partial charge < -0.3 is 9.84 Å². The van der Waals surface area contributed by atoms with Crippen molar-refractivity contribution in [2.24, 2.45) is 0 Å². The monoisotopic (exact) mass is 444 g/mol. The molecule has 0 fully saturated rings. The Bertz CT molecular complexity index is 1160. The maximum Gasteiger partial charge on any atom is 0.290 e. The zero-order valence-corrected chi connectivity index (χ0v) is 16.9. The number of aromatic nitrogens is 1. The number of carbonyl (C=O) groups excluding carboxylic acids is 2. The van der Waals surface area contributed by atoms with Crippen LogP contribution in [0.5, 0.6) is 0 Å². The summed E-state index contributed by atoms with van der Waals surface area (Å²) < 4.78 is 33.2. The van der Waals surface area contributed by atoms with Crippen molar-refractivity contribution in [3.63, 3.8) is 0 Å². The molecule has 0 bridgehead atoms. The molecule has 0 unspecified atom stereocenters. The van der Waals surface area contributed by atoms with Crippen LogP contribution in [0, 0.1) is 23.1 Å². The topological polar surface area (TPSA) is 99.2 Å². The summed E-state index contributed by atoms with van der Waals surface area (Å²) in [6, 6.07) is 9.89. The van der Waals surface area contributed by atoms with E-state index in [9.17, 15) is 18.4 Å². The maximum atomic E-state index is 14.1. The molecule has 31 heavy (non-hydrogen) atoms. The third-order valence-corrected chi connectivity index (χ3v) is 4.77. The number of carbonyl (C=O) groups is 2. The number of benzene rings is 2. The lowest BCUT2D eigenvalue weighted by molar-refractivity contribution is -0.129. The van der Waals surface area contributed by atoms with Crippen molar-refractivity contribution in [1.82, 2.24) is 15.4 Å². The molecule has 1 aromatic heterocycles. The normalized spacial score (nSPS) is 11.5. The number of rotatable bonds is 6. The van der Waals surface area contributed by atoms with Crippen LogP contribution in [0.4, 0.5) is 8.78 Å². The van der Waals surface area contributed by atoms with Crippen molar-refractivity contribution in [3.8, 4) is 17.5 Å². The summed E-state index contributed by atoms with van der Waals surface area (Å²) in [6.45, 7) is 0. The molecule has 0 aliphatic carbocycles. The molecule has 0 aliphatic rings. The van der Waals surface area contributed by atoms with Gasteiger partial charge in [-0.25, -0.2) is 8.78 Å². The van der Waals surface area contributed by atoms with Gasteiger partial charge in [-0.2, -0.15) is 5.26 Å². The van der Waals surface area contributed by atoms with Crippen LogP contribution in [0.25, 0.3) is 11.3 Å². The van der Waals surface area contributed by atoms with Gasteiger partial charge in [-0.3, -0.25) is 14.5 Å². The highest BCUT2D eigenvalue weighted by molar-refractivity contribution is 6.33. The van der Waals surface area contributed by atoms with Gasteiger partial charge in [-0.05, 0) is 18.2 Å². The van der Waals surface area contributed by atoms with Crippen LogP contribution >= 0.6 is 11.6 Å². The lowest BCUT2D eigenvalue weighted by Crippen LogP contribution is -2.47. The van der Waals surface area contributed by atoms with E-state index >= 15 is 0 Å². The van der Waals surface area contributed by atoms with Gasteiger partial charge in [0.15, 0.2) is 6.19 Å². The molecule has 3 aromatic rings. The third-order valence-electron chi connectivity index (χ3n) is 4.44. The lowest BCUT2D eigenvalue weighted by Gasteiger charge is -2.20. The number of amides is 2. The Morgan fingerprint density at radius 2 is 1.90 bits per heavy atom. The molecule has 0 saturated carbocycles. The molecule has 1 heterocycles. The van der Waals surface area contributed by atoms with Gasteiger partial charge in [0, 0.05) is 30.7 Å². The molecule has 2 amide bonds. The Labute approximate surface area is 180 Å². The van der Waals surface area contributed by atoms with E-state index in [0.29, 0.717) is 15.5 Å². The molecule has 7 nitrogen and oxygen atoms in total. The van der Waals surface area contributed by atoms with Crippen molar-refractivity contribution in [1.29, 1.82) is 5.26 Å². The van der Waals surface area contributed by atoms with E-state index in [4.69, 9.17) is 21.4 Å². The molecule has 2 aromatic carbocycles. The molecule has 158 valence electrons. The number of nitrogens with zero attached hydrogens (tertiary/aromatic N) is 3. The fraction of sp³-hybridized carbons (Fsp3) is 0.143. The Balaban J connectivity index is 1.86. The fourth-order valence-electron chi connectivity index (χ4n) is 2.82. The SMILES string of the molecule is CN(C#N)C(=O)[C@H](Cc1c(F)cccc1F)NC(=O)c1cc(-c2ccccc2Cl)no1. The minimum absolute atomic E-state index is 0.249. The predicted octanol–water partition coefficient (Wildman–Crippen LogP) is 3.55. The van der Waals surface area contributed by atoms with Crippen LogP contribution in [-0.2, 0) is 11.2 Å². The van der Waals surface area contributed by atoms with Crippen molar-refractivity contribution >= 4 is 23.4 Å². The summed E-state index contributed by atoms with van der Waals surface area (Å²) >= 11 is 6.11. The Morgan fingerprint density at radius 1 is 1.23 bits per heavy atom. The number of hydrogen-bond acceptors (Lipinski definition) is 5. The first-order valence-electron chi connectivity index (χ1n) is 8.94. The van der Waals surface area contributed by atoms with E-state index in [-0.39, 0.29) is 11.5 Å². The second-order valence-electron chi connectivity index (χ2n) is 6.48. The van der Waals surface area contributed by atoms with Gasteiger partial charge in [-0.1, -0.05) is 41.0 Å². The Kier molecular flexibility index (Phi) is 6.62. The zero-order chi connectivity index (χ0) is 22.5. The first-order chi connectivity index (χ1) is 14.8. The van der Waals surface area contributed by atoms with E-state index in [0.717, 1.165) is 12.1 Å². The van der Waals surface area contributed by atoms with E-state index in [1.165, 1.54) is 19.2 Å². The summed E-state index contributed by atoms with van der Waals surface area (Å²) in [5.41, 5.74) is 0.409. The van der Waals surface area contributed by atoms with E-state index in [1.54, 1.807) is 30.5 Å². The van der Waals surface area contributed by atoms with Crippen molar-refractivity contribution in [2.75, 3.05) is 7.05 Å². The van der Waals surface area contributed by atoms with Gasteiger partial charge in [0.1, 0.15) is 23.4 Å². The second-order valence-corrected chi connectivity index (χ2v) is 6.89. The Hall–Kier alpha value is -3.77. The number of likely N-dealkylation sites (N-methyl/N-ethyl adjacent to an activating group) is 1. The quantitative estimate of drug-likeness (QED) is 0.463. The number of nitriles is 1. The fourth-order valence-corrected chi connectivity index (χ4v) is 3.05.